The second-order valence-corrected chi connectivity index (χ2v) is 8.38. The molecule has 2 aromatic heterocycles. The minimum absolute atomic E-state index is 0.117. The summed E-state index contributed by atoms with van der Waals surface area (Å²) >= 11 is 0. The van der Waals surface area contributed by atoms with Gasteiger partial charge in [0.2, 0.25) is 17.6 Å². The molecule has 0 aliphatic carbocycles. The highest BCUT2D eigenvalue weighted by Crippen LogP contribution is 2.31. The third kappa shape index (κ3) is 5.06. The number of hydrogen-bond donors (Lipinski definition) is 2. The summed E-state index contributed by atoms with van der Waals surface area (Å²) in [6.45, 7) is 6.33. The van der Waals surface area contributed by atoms with Crippen LogP contribution in [0.1, 0.15) is 36.1 Å². The van der Waals surface area contributed by atoms with Crippen molar-refractivity contribution >= 4 is 12.0 Å². The molecule has 1 aliphatic rings. The average molecular weight is 476 g/mol. The molecule has 180 valence electrons. The first-order valence-electron chi connectivity index (χ1n) is 11.0. The molecule has 0 unspecified atom stereocenters. The highest BCUT2D eigenvalue weighted by atomic mass is 16.5. The van der Waals surface area contributed by atoms with Crippen molar-refractivity contribution in [3.63, 3.8) is 0 Å². The third-order valence-electron chi connectivity index (χ3n) is 5.66. The van der Waals surface area contributed by atoms with E-state index in [0.717, 1.165) is 22.3 Å². The molecule has 0 bridgehead atoms. The van der Waals surface area contributed by atoms with Crippen LogP contribution in [0.3, 0.4) is 0 Å². The van der Waals surface area contributed by atoms with Crippen LogP contribution in [0.15, 0.2) is 28.9 Å². The maximum absolute atomic E-state index is 12.3. The molecule has 3 aromatic rings. The van der Waals surface area contributed by atoms with Crippen LogP contribution in [0.25, 0.3) is 22.8 Å². The van der Waals surface area contributed by atoms with Crippen LogP contribution in [0.4, 0.5) is 4.79 Å². The van der Waals surface area contributed by atoms with Crippen molar-refractivity contribution in [3.8, 4) is 34.8 Å². The van der Waals surface area contributed by atoms with Gasteiger partial charge in [0.25, 0.3) is 5.89 Å². The van der Waals surface area contributed by atoms with Crippen molar-refractivity contribution < 1.29 is 24.0 Å². The zero-order valence-corrected chi connectivity index (χ0v) is 19.5. The van der Waals surface area contributed by atoms with Gasteiger partial charge in [0.05, 0.1) is 11.7 Å². The number of benzene rings is 1. The lowest BCUT2D eigenvalue weighted by Gasteiger charge is -2.30. The average Bonchev–Trinajstić information content (AvgIpc) is 3.32. The van der Waals surface area contributed by atoms with Gasteiger partial charge in [0.1, 0.15) is 18.2 Å². The van der Waals surface area contributed by atoms with Crippen LogP contribution in [-0.4, -0.2) is 56.3 Å². The number of carboxylic acid groups (broad SMARTS) is 1. The Hall–Kier alpha value is -4.46. The zero-order valence-electron chi connectivity index (χ0n) is 19.5. The maximum atomic E-state index is 12.3. The number of amides is 2. The topological polar surface area (TPSA) is 154 Å². The highest BCUT2D eigenvalue weighted by molar-refractivity contribution is 5.82. The molecule has 2 N–H and O–H groups in total. The number of fused-ring (bicyclic) bond motifs is 1. The van der Waals surface area contributed by atoms with Crippen molar-refractivity contribution in [3.05, 3.63) is 46.6 Å². The molecule has 0 saturated carbocycles. The number of carbonyl (C=O) groups excluding carboxylic acids is 1. The number of hydrogen-bond acceptors (Lipinski definition) is 8. The first kappa shape index (κ1) is 23.7. The number of nitriles is 1. The SMILES string of the molecule is Cc1c(-c2noc(-c3cnc(OC(C)C)c(C#N)c3)n2)ccc2c1CCN(C(=O)CNC(=O)O)C2. The van der Waals surface area contributed by atoms with Gasteiger partial charge < -0.3 is 24.6 Å². The molecule has 11 heteroatoms. The maximum Gasteiger partial charge on any atom is 0.405 e. The third-order valence-corrected chi connectivity index (χ3v) is 5.66. The van der Waals surface area contributed by atoms with Crippen molar-refractivity contribution in [2.75, 3.05) is 13.1 Å². The number of nitrogens with zero attached hydrogens (tertiary/aromatic N) is 5. The van der Waals surface area contributed by atoms with Gasteiger partial charge in [-0.3, -0.25) is 4.79 Å². The molecule has 0 saturated heterocycles. The van der Waals surface area contributed by atoms with Crippen molar-refractivity contribution in [1.82, 2.24) is 25.3 Å². The molecule has 1 aromatic carbocycles. The summed E-state index contributed by atoms with van der Waals surface area (Å²) in [5.41, 5.74) is 4.68. The predicted octanol–water partition coefficient (Wildman–Crippen LogP) is 2.92. The van der Waals surface area contributed by atoms with E-state index in [1.54, 1.807) is 11.0 Å². The minimum Gasteiger partial charge on any atom is -0.474 e. The van der Waals surface area contributed by atoms with Gasteiger partial charge in [-0.15, -0.1) is 0 Å². The Balaban J connectivity index is 1.55. The van der Waals surface area contributed by atoms with Crippen LogP contribution in [0.2, 0.25) is 0 Å². The fraction of sp³-hybridized carbons (Fsp3) is 0.333. The lowest BCUT2D eigenvalue weighted by atomic mass is 9.91. The second-order valence-electron chi connectivity index (χ2n) is 8.38. The van der Waals surface area contributed by atoms with Crippen LogP contribution in [-0.2, 0) is 17.8 Å². The van der Waals surface area contributed by atoms with Crippen molar-refractivity contribution in [2.45, 2.75) is 39.8 Å². The van der Waals surface area contributed by atoms with Crippen molar-refractivity contribution in [1.29, 1.82) is 5.26 Å². The van der Waals surface area contributed by atoms with Crippen LogP contribution in [0, 0.1) is 18.3 Å². The van der Waals surface area contributed by atoms with Gasteiger partial charge in [0.15, 0.2) is 0 Å². The standard InChI is InChI=1S/C24H24N6O5/c1-13(2)34-22-16(9-25)8-17(10-26-22)23-28-21(29-35-23)19-5-4-15-12-30(7-6-18(15)14(19)3)20(31)11-27-24(32)33/h4-5,8,10,13,27H,6-7,11-12H2,1-3H3,(H,32,33). The lowest BCUT2D eigenvalue weighted by molar-refractivity contribution is -0.131. The largest absolute Gasteiger partial charge is 0.474 e. The molecule has 0 spiro atoms. The predicted molar refractivity (Wildman–Crippen MR) is 123 cm³/mol. The van der Waals surface area contributed by atoms with Crippen molar-refractivity contribution in [2.24, 2.45) is 0 Å². The fourth-order valence-corrected chi connectivity index (χ4v) is 3.98. The van der Waals surface area contributed by atoms with Gasteiger partial charge in [0, 0.05) is 24.8 Å². The molecule has 0 radical (unpaired) electrons. The van der Waals surface area contributed by atoms with Gasteiger partial charge in [-0.1, -0.05) is 17.3 Å². The summed E-state index contributed by atoms with van der Waals surface area (Å²) in [6.07, 6.45) is 0.815. The smallest absolute Gasteiger partial charge is 0.405 e. The Labute approximate surface area is 201 Å². The van der Waals surface area contributed by atoms with E-state index in [-0.39, 0.29) is 35.9 Å². The molecule has 4 rings (SSSR count). The van der Waals surface area contributed by atoms with Gasteiger partial charge in [-0.05, 0) is 49.9 Å². The lowest BCUT2D eigenvalue weighted by Crippen LogP contribution is -2.42. The summed E-state index contributed by atoms with van der Waals surface area (Å²) in [5.74, 6) is 0.630. The van der Waals surface area contributed by atoms with Gasteiger partial charge >= 0.3 is 6.09 Å². The number of aromatic nitrogens is 3. The number of rotatable bonds is 6. The van der Waals surface area contributed by atoms with Gasteiger partial charge in [-0.2, -0.15) is 10.2 Å². The van der Waals surface area contributed by atoms with E-state index in [2.05, 4.69) is 26.5 Å². The molecular formula is C24H24N6O5. The Morgan fingerprint density at radius 1 is 1.37 bits per heavy atom. The molecule has 35 heavy (non-hydrogen) atoms. The summed E-state index contributed by atoms with van der Waals surface area (Å²) in [6, 6.07) is 7.48. The Bertz CT molecular complexity index is 1330. The molecule has 3 heterocycles. The summed E-state index contributed by atoms with van der Waals surface area (Å²) in [7, 11) is 0. The van der Waals surface area contributed by atoms with E-state index in [9.17, 15) is 14.9 Å². The normalized spacial score (nSPS) is 12.7. The first-order chi connectivity index (χ1) is 16.8. The summed E-state index contributed by atoms with van der Waals surface area (Å²) in [5, 5.41) is 24.4. The van der Waals surface area contributed by atoms with E-state index in [4.69, 9.17) is 14.4 Å². The van der Waals surface area contributed by atoms with E-state index in [1.807, 2.05) is 32.9 Å². The van der Waals surface area contributed by atoms with Crippen LogP contribution < -0.4 is 10.1 Å². The molecule has 11 nitrogen and oxygen atoms in total. The monoisotopic (exact) mass is 476 g/mol. The highest BCUT2D eigenvalue weighted by Gasteiger charge is 2.24. The molecular weight excluding hydrogens is 452 g/mol. The fourth-order valence-electron chi connectivity index (χ4n) is 3.98. The summed E-state index contributed by atoms with van der Waals surface area (Å²) in [4.78, 5) is 33.3. The minimum atomic E-state index is -1.23. The molecule has 0 fully saturated rings. The Morgan fingerprint density at radius 2 is 2.17 bits per heavy atom. The Kier molecular flexibility index (Phi) is 6.64. The molecule has 2 amide bonds. The van der Waals surface area contributed by atoms with Crippen LogP contribution >= 0.6 is 0 Å². The first-order valence-corrected chi connectivity index (χ1v) is 11.0. The van der Waals surface area contributed by atoms with E-state index in [0.29, 0.717) is 30.9 Å². The van der Waals surface area contributed by atoms with Gasteiger partial charge in [-0.25, -0.2) is 9.78 Å². The molecule has 1 aliphatic heterocycles. The van der Waals surface area contributed by atoms with E-state index < -0.39 is 6.09 Å². The number of pyridine rings is 1. The molecule has 0 atom stereocenters. The summed E-state index contributed by atoms with van der Waals surface area (Å²) < 4.78 is 11.0. The van der Waals surface area contributed by atoms with E-state index >= 15 is 0 Å². The zero-order chi connectivity index (χ0) is 25.1. The quantitative estimate of drug-likeness (QED) is 0.546. The van der Waals surface area contributed by atoms with E-state index in [1.165, 1.54) is 6.20 Å². The van der Waals surface area contributed by atoms with Crippen LogP contribution in [0.5, 0.6) is 5.88 Å². The number of carbonyl (C=O) groups is 2. The Morgan fingerprint density at radius 3 is 2.89 bits per heavy atom. The second kappa shape index (κ2) is 9.80. The number of nitrogens with one attached hydrogen (secondary N) is 1. The number of ether oxygens (including phenoxy) is 1.